The third kappa shape index (κ3) is 3.83. The third-order valence-electron chi connectivity index (χ3n) is 4.26. The number of rotatable bonds is 4. The molecule has 1 unspecified atom stereocenters. The van der Waals surface area contributed by atoms with Gasteiger partial charge in [-0.05, 0) is 36.2 Å². The topological polar surface area (TPSA) is 55.1 Å². The van der Waals surface area contributed by atoms with Crippen molar-refractivity contribution < 1.29 is 18.0 Å². The van der Waals surface area contributed by atoms with E-state index < -0.39 is 17.8 Å². The second-order valence-corrected chi connectivity index (χ2v) is 6.87. The molecular weight excluding hydrogens is 409 g/mol. The minimum atomic E-state index is -4.42. The lowest BCUT2D eigenvalue weighted by molar-refractivity contribution is -0.137. The second-order valence-electron chi connectivity index (χ2n) is 6.02. The smallest absolute Gasteiger partial charge is 0.358 e. The van der Waals surface area contributed by atoms with E-state index in [0.29, 0.717) is 17.7 Å². The van der Waals surface area contributed by atoms with Crippen LogP contribution in [0.4, 0.5) is 18.9 Å². The Morgan fingerprint density at radius 1 is 1.08 bits per heavy atom. The number of anilines is 1. The molecule has 0 radical (unpaired) electrons. The van der Waals surface area contributed by atoms with Crippen molar-refractivity contribution in [3.05, 3.63) is 75.4 Å². The molecule has 136 valence electrons. The molecule has 3 N–H and O–H groups in total. The fraction of sp³-hybridized carbons (Fsp3) is 0.211. The minimum absolute atomic E-state index is 0.0947. The first kappa shape index (κ1) is 18.7. The van der Waals surface area contributed by atoms with E-state index in [4.69, 9.17) is 5.73 Å². The normalized spacial score (nSPS) is 16.1. The maximum absolute atomic E-state index is 12.9. The van der Waals surface area contributed by atoms with E-state index in [-0.39, 0.29) is 17.9 Å². The lowest BCUT2D eigenvalue weighted by Gasteiger charge is -2.18. The van der Waals surface area contributed by atoms with Gasteiger partial charge in [-0.1, -0.05) is 40.2 Å². The van der Waals surface area contributed by atoms with Crippen molar-refractivity contribution in [3.63, 3.8) is 0 Å². The summed E-state index contributed by atoms with van der Waals surface area (Å²) >= 11 is 3.42. The number of allylic oxidation sites excluding steroid dienone is 1. The number of ketones is 1. The van der Waals surface area contributed by atoms with Crippen LogP contribution in [-0.4, -0.2) is 5.78 Å². The molecule has 1 atom stereocenters. The lowest BCUT2D eigenvalue weighted by Crippen LogP contribution is -2.19. The van der Waals surface area contributed by atoms with Crippen LogP contribution in [0, 0.1) is 0 Å². The summed E-state index contributed by atoms with van der Waals surface area (Å²) in [5.41, 5.74) is 7.57. The number of nitrogens with one attached hydrogen (secondary N) is 1. The standard InChI is InChI=1S/C19H16BrF3N2O/c20-14-7-2-1-6-13(14)18(24)17-15(8-9-16(17)26)25-12-5-3-4-11(10-12)19(21,22)23/h1-7,10,18,25H,8-9,24H2. The van der Waals surface area contributed by atoms with Crippen LogP contribution in [0.15, 0.2) is 64.3 Å². The monoisotopic (exact) mass is 424 g/mol. The fourth-order valence-electron chi connectivity index (χ4n) is 3.00. The first-order valence-electron chi connectivity index (χ1n) is 7.98. The minimum Gasteiger partial charge on any atom is -0.358 e. The van der Waals surface area contributed by atoms with Crippen molar-refractivity contribution in [3.8, 4) is 0 Å². The zero-order chi connectivity index (χ0) is 18.9. The van der Waals surface area contributed by atoms with E-state index in [0.717, 1.165) is 22.2 Å². The molecule has 2 aromatic carbocycles. The number of carbonyl (C=O) groups is 1. The Morgan fingerprint density at radius 3 is 2.50 bits per heavy atom. The lowest BCUT2D eigenvalue weighted by atomic mass is 9.97. The molecular formula is C19H16BrF3N2O. The van der Waals surface area contributed by atoms with Crippen LogP contribution in [0.1, 0.15) is 30.0 Å². The number of benzene rings is 2. The summed E-state index contributed by atoms with van der Waals surface area (Å²) in [7, 11) is 0. The van der Waals surface area contributed by atoms with Crippen LogP contribution in [0.25, 0.3) is 0 Å². The molecule has 0 saturated carbocycles. The average molecular weight is 425 g/mol. The van der Waals surface area contributed by atoms with Gasteiger partial charge in [-0.15, -0.1) is 0 Å². The van der Waals surface area contributed by atoms with Gasteiger partial charge in [-0.3, -0.25) is 4.79 Å². The van der Waals surface area contributed by atoms with Crippen LogP contribution in [0.3, 0.4) is 0 Å². The zero-order valence-corrected chi connectivity index (χ0v) is 15.2. The number of Topliss-reactive ketones (excluding diaryl/α,β-unsaturated/α-hetero) is 1. The van der Waals surface area contributed by atoms with Crippen molar-refractivity contribution in [1.82, 2.24) is 0 Å². The molecule has 3 rings (SSSR count). The molecule has 0 bridgehead atoms. The van der Waals surface area contributed by atoms with E-state index in [1.165, 1.54) is 12.1 Å². The van der Waals surface area contributed by atoms with Gasteiger partial charge in [0.2, 0.25) is 0 Å². The summed E-state index contributed by atoms with van der Waals surface area (Å²) in [5, 5.41) is 2.97. The Labute approximate surface area is 157 Å². The molecule has 0 heterocycles. The number of hydrogen-bond acceptors (Lipinski definition) is 3. The van der Waals surface area contributed by atoms with Gasteiger partial charge in [0.25, 0.3) is 0 Å². The van der Waals surface area contributed by atoms with Crippen LogP contribution >= 0.6 is 15.9 Å². The number of carbonyl (C=O) groups excluding carboxylic acids is 1. The van der Waals surface area contributed by atoms with Crippen molar-refractivity contribution in [1.29, 1.82) is 0 Å². The maximum Gasteiger partial charge on any atom is 0.416 e. The fourth-order valence-corrected chi connectivity index (χ4v) is 3.53. The number of halogens is 4. The molecule has 26 heavy (non-hydrogen) atoms. The van der Waals surface area contributed by atoms with Crippen molar-refractivity contribution in [2.45, 2.75) is 25.1 Å². The maximum atomic E-state index is 12.9. The Hall–Kier alpha value is -2.12. The molecule has 7 heteroatoms. The molecule has 2 aromatic rings. The highest BCUT2D eigenvalue weighted by Gasteiger charge is 2.32. The van der Waals surface area contributed by atoms with Gasteiger partial charge in [0.1, 0.15) is 0 Å². The highest BCUT2D eigenvalue weighted by atomic mass is 79.9. The first-order valence-corrected chi connectivity index (χ1v) is 8.77. The summed E-state index contributed by atoms with van der Waals surface area (Å²) in [6, 6.07) is 11.5. The molecule has 1 aliphatic rings. The Bertz CT molecular complexity index is 877. The largest absolute Gasteiger partial charge is 0.416 e. The molecule has 1 aliphatic carbocycles. The SMILES string of the molecule is NC(C1=C(Nc2cccc(C(F)(F)F)c2)CCC1=O)c1ccccc1Br. The summed E-state index contributed by atoms with van der Waals surface area (Å²) in [6.07, 6.45) is -3.72. The van der Waals surface area contributed by atoms with Gasteiger partial charge in [0, 0.05) is 27.9 Å². The highest BCUT2D eigenvalue weighted by Crippen LogP contribution is 2.36. The Morgan fingerprint density at radius 2 is 1.81 bits per heavy atom. The number of nitrogens with two attached hydrogens (primary N) is 1. The van der Waals surface area contributed by atoms with E-state index in [1.54, 1.807) is 0 Å². The van der Waals surface area contributed by atoms with Gasteiger partial charge >= 0.3 is 6.18 Å². The molecule has 0 aliphatic heterocycles. The van der Waals surface area contributed by atoms with Crippen LogP contribution < -0.4 is 11.1 Å². The van der Waals surface area contributed by atoms with Gasteiger partial charge in [0.15, 0.2) is 5.78 Å². The predicted octanol–water partition coefficient (Wildman–Crippen LogP) is 5.20. The van der Waals surface area contributed by atoms with Gasteiger partial charge in [0.05, 0.1) is 11.6 Å². The summed E-state index contributed by atoms with van der Waals surface area (Å²) < 4.78 is 39.5. The van der Waals surface area contributed by atoms with E-state index in [2.05, 4.69) is 21.2 Å². The Balaban J connectivity index is 1.95. The highest BCUT2D eigenvalue weighted by molar-refractivity contribution is 9.10. The molecule has 0 aromatic heterocycles. The second kappa shape index (κ2) is 7.25. The van der Waals surface area contributed by atoms with Gasteiger partial charge < -0.3 is 11.1 Å². The molecule has 0 amide bonds. The van der Waals surface area contributed by atoms with Crippen molar-refractivity contribution in [2.75, 3.05) is 5.32 Å². The van der Waals surface area contributed by atoms with Crippen LogP contribution in [0.5, 0.6) is 0 Å². The summed E-state index contributed by atoms with van der Waals surface area (Å²) in [6.45, 7) is 0. The molecule has 0 spiro atoms. The quantitative estimate of drug-likeness (QED) is 0.709. The molecule has 0 saturated heterocycles. The van der Waals surface area contributed by atoms with E-state index in [9.17, 15) is 18.0 Å². The number of hydrogen-bond donors (Lipinski definition) is 2. The first-order chi connectivity index (χ1) is 12.3. The van der Waals surface area contributed by atoms with Gasteiger partial charge in [-0.25, -0.2) is 0 Å². The number of alkyl halides is 3. The Kier molecular flexibility index (Phi) is 5.20. The van der Waals surface area contributed by atoms with E-state index in [1.807, 2.05) is 24.3 Å². The van der Waals surface area contributed by atoms with E-state index >= 15 is 0 Å². The third-order valence-corrected chi connectivity index (χ3v) is 4.99. The molecule has 0 fully saturated rings. The summed E-state index contributed by atoms with van der Waals surface area (Å²) in [4.78, 5) is 12.4. The van der Waals surface area contributed by atoms with Gasteiger partial charge in [-0.2, -0.15) is 13.2 Å². The zero-order valence-electron chi connectivity index (χ0n) is 13.6. The average Bonchev–Trinajstić information content (AvgIpc) is 2.94. The molecule has 3 nitrogen and oxygen atoms in total. The van der Waals surface area contributed by atoms with Crippen molar-refractivity contribution >= 4 is 27.4 Å². The predicted molar refractivity (Wildman–Crippen MR) is 97.4 cm³/mol. The van der Waals surface area contributed by atoms with Crippen LogP contribution in [-0.2, 0) is 11.0 Å². The van der Waals surface area contributed by atoms with Crippen LogP contribution in [0.2, 0.25) is 0 Å². The summed E-state index contributed by atoms with van der Waals surface area (Å²) in [5.74, 6) is -0.0947. The van der Waals surface area contributed by atoms with Crippen molar-refractivity contribution in [2.24, 2.45) is 5.73 Å².